The zero-order chi connectivity index (χ0) is 14.4. The zero-order valence-corrected chi connectivity index (χ0v) is 12.1. The van der Waals surface area contributed by atoms with Crippen LogP contribution in [-0.2, 0) is 20.8 Å². The van der Waals surface area contributed by atoms with Gasteiger partial charge in [0.25, 0.3) is 5.91 Å². The zero-order valence-electron chi connectivity index (χ0n) is 12.1. The van der Waals surface area contributed by atoms with Crippen LogP contribution in [0, 0.1) is 0 Å². The quantitative estimate of drug-likeness (QED) is 0.886. The Bertz CT molecular complexity index is 427. The number of rotatable bonds is 5. The van der Waals surface area contributed by atoms with Crippen LogP contribution in [0.3, 0.4) is 0 Å². The summed E-state index contributed by atoms with van der Waals surface area (Å²) in [6.07, 6.45) is -0.442. The van der Waals surface area contributed by atoms with E-state index in [1.54, 1.807) is 6.92 Å². The van der Waals surface area contributed by atoms with E-state index in [-0.39, 0.29) is 5.91 Å². The fourth-order valence-corrected chi connectivity index (χ4v) is 2.06. The summed E-state index contributed by atoms with van der Waals surface area (Å²) in [5.41, 5.74) is 2.04. The maximum absolute atomic E-state index is 11.7. The van der Waals surface area contributed by atoms with Gasteiger partial charge in [-0.1, -0.05) is 12.1 Å². The standard InChI is InChI=1S/C15H22N2O3/c1-12(19-2)15(18)16-14-5-3-13(4-6-14)11-17-7-9-20-10-8-17/h3-6,12H,7-11H2,1-2H3,(H,16,18). The van der Waals surface area contributed by atoms with E-state index in [0.29, 0.717) is 0 Å². The van der Waals surface area contributed by atoms with E-state index in [0.717, 1.165) is 38.5 Å². The first-order valence-corrected chi connectivity index (χ1v) is 6.92. The Kier molecular flexibility index (Phi) is 5.52. The van der Waals surface area contributed by atoms with Gasteiger partial charge in [-0.3, -0.25) is 9.69 Å². The van der Waals surface area contributed by atoms with Gasteiger partial charge in [-0.25, -0.2) is 0 Å². The topological polar surface area (TPSA) is 50.8 Å². The van der Waals surface area contributed by atoms with Crippen LogP contribution in [-0.4, -0.2) is 50.3 Å². The molecule has 5 heteroatoms. The number of methoxy groups -OCH3 is 1. The number of nitrogens with one attached hydrogen (secondary N) is 1. The summed E-state index contributed by atoms with van der Waals surface area (Å²) < 4.78 is 10.3. The average Bonchev–Trinajstić information content (AvgIpc) is 2.49. The molecule has 1 N–H and O–H groups in total. The molecule has 0 radical (unpaired) electrons. The summed E-state index contributed by atoms with van der Waals surface area (Å²) in [7, 11) is 1.52. The van der Waals surface area contributed by atoms with Crippen molar-refractivity contribution in [3.8, 4) is 0 Å². The van der Waals surface area contributed by atoms with E-state index in [2.05, 4.69) is 10.2 Å². The van der Waals surface area contributed by atoms with Crippen molar-refractivity contribution in [2.75, 3.05) is 38.7 Å². The van der Waals surface area contributed by atoms with Gasteiger partial charge in [0.05, 0.1) is 13.2 Å². The molecule has 1 fully saturated rings. The molecule has 0 aliphatic carbocycles. The first kappa shape index (κ1) is 15.0. The molecule has 1 unspecified atom stereocenters. The van der Waals surface area contributed by atoms with Crippen LogP contribution in [0.1, 0.15) is 12.5 Å². The second-order valence-electron chi connectivity index (χ2n) is 4.95. The number of carbonyl (C=O) groups is 1. The van der Waals surface area contributed by atoms with Crippen molar-refractivity contribution < 1.29 is 14.3 Å². The molecule has 1 aromatic rings. The monoisotopic (exact) mass is 278 g/mol. The van der Waals surface area contributed by atoms with E-state index in [1.165, 1.54) is 12.7 Å². The number of ether oxygens (including phenoxy) is 2. The van der Waals surface area contributed by atoms with Gasteiger partial charge in [0.1, 0.15) is 6.10 Å². The largest absolute Gasteiger partial charge is 0.379 e. The van der Waals surface area contributed by atoms with Crippen LogP contribution >= 0.6 is 0 Å². The smallest absolute Gasteiger partial charge is 0.253 e. The van der Waals surface area contributed by atoms with E-state index >= 15 is 0 Å². The van der Waals surface area contributed by atoms with Crippen LogP contribution < -0.4 is 5.32 Å². The lowest BCUT2D eigenvalue weighted by atomic mass is 10.2. The SMILES string of the molecule is COC(C)C(=O)Nc1ccc(CN2CCOCC2)cc1. The summed E-state index contributed by atoms with van der Waals surface area (Å²) in [6, 6.07) is 7.94. The van der Waals surface area contributed by atoms with Gasteiger partial charge in [-0.05, 0) is 24.6 Å². The highest BCUT2D eigenvalue weighted by Crippen LogP contribution is 2.13. The predicted molar refractivity (Wildman–Crippen MR) is 77.6 cm³/mol. The molecule has 0 aromatic heterocycles. The minimum Gasteiger partial charge on any atom is -0.379 e. The van der Waals surface area contributed by atoms with Crippen molar-refractivity contribution in [2.24, 2.45) is 0 Å². The maximum Gasteiger partial charge on any atom is 0.253 e. The lowest BCUT2D eigenvalue weighted by molar-refractivity contribution is -0.124. The number of morpholine rings is 1. The highest BCUT2D eigenvalue weighted by atomic mass is 16.5. The third-order valence-corrected chi connectivity index (χ3v) is 3.45. The van der Waals surface area contributed by atoms with Crippen LogP contribution in [0.5, 0.6) is 0 Å². The van der Waals surface area contributed by atoms with Crippen molar-refractivity contribution in [3.63, 3.8) is 0 Å². The van der Waals surface area contributed by atoms with Crippen LogP contribution in [0.2, 0.25) is 0 Å². The highest BCUT2D eigenvalue weighted by molar-refractivity contribution is 5.93. The Morgan fingerprint density at radius 2 is 2.00 bits per heavy atom. The molecule has 1 atom stereocenters. The highest BCUT2D eigenvalue weighted by Gasteiger charge is 2.12. The molecule has 1 aliphatic rings. The average molecular weight is 278 g/mol. The molecule has 5 nitrogen and oxygen atoms in total. The van der Waals surface area contributed by atoms with E-state index < -0.39 is 6.10 Å². The first-order chi connectivity index (χ1) is 9.69. The van der Waals surface area contributed by atoms with Crippen molar-refractivity contribution in [1.82, 2.24) is 4.90 Å². The van der Waals surface area contributed by atoms with Gasteiger partial charge < -0.3 is 14.8 Å². The second-order valence-corrected chi connectivity index (χ2v) is 4.95. The van der Waals surface area contributed by atoms with Crippen molar-refractivity contribution >= 4 is 11.6 Å². The van der Waals surface area contributed by atoms with Gasteiger partial charge in [0, 0.05) is 32.4 Å². The van der Waals surface area contributed by atoms with Crippen molar-refractivity contribution in [1.29, 1.82) is 0 Å². The van der Waals surface area contributed by atoms with Gasteiger partial charge in [-0.15, -0.1) is 0 Å². The van der Waals surface area contributed by atoms with Gasteiger partial charge in [0.15, 0.2) is 0 Å². The Morgan fingerprint density at radius 3 is 2.60 bits per heavy atom. The summed E-state index contributed by atoms with van der Waals surface area (Å²) >= 11 is 0. The van der Waals surface area contributed by atoms with Crippen molar-refractivity contribution in [3.05, 3.63) is 29.8 Å². The lowest BCUT2D eigenvalue weighted by Crippen LogP contribution is -2.35. The molecule has 0 saturated carbocycles. The van der Waals surface area contributed by atoms with E-state index in [4.69, 9.17) is 9.47 Å². The minimum atomic E-state index is -0.442. The number of amides is 1. The summed E-state index contributed by atoms with van der Waals surface area (Å²) in [4.78, 5) is 14.1. The molecular weight excluding hydrogens is 256 g/mol. The molecule has 1 heterocycles. The predicted octanol–water partition coefficient (Wildman–Crippen LogP) is 1.49. The normalized spacial score (nSPS) is 17.7. The van der Waals surface area contributed by atoms with Crippen LogP contribution in [0.15, 0.2) is 24.3 Å². The molecule has 0 bridgehead atoms. The minimum absolute atomic E-state index is 0.131. The lowest BCUT2D eigenvalue weighted by Gasteiger charge is -2.26. The third kappa shape index (κ3) is 4.30. The molecule has 1 saturated heterocycles. The third-order valence-electron chi connectivity index (χ3n) is 3.45. The van der Waals surface area contributed by atoms with Gasteiger partial charge >= 0.3 is 0 Å². The maximum atomic E-state index is 11.7. The molecular formula is C15H22N2O3. The Morgan fingerprint density at radius 1 is 1.35 bits per heavy atom. The Balaban J connectivity index is 1.87. The molecule has 20 heavy (non-hydrogen) atoms. The Labute approximate surface area is 119 Å². The molecule has 110 valence electrons. The van der Waals surface area contributed by atoms with Crippen molar-refractivity contribution in [2.45, 2.75) is 19.6 Å². The Hall–Kier alpha value is -1.43. The fraction of sp³-hybridized carbons (Fsp3) is 0.533. The summed E-state index contributed by atoms with van der Waals surface area (Å²) in [5, 5.41) is 2.83. The van der Waals surface area contributed by atoms with Gasteiger partial charge in [-0.2, -0.15) is 0 Å². The summed E-state index contributed by atoms with van der Waals surface area (Å²) in [6.45, 7) is 6.22. The number of benzene rings is 1. The van der Waals surface area contributed by atoms with E-state index in [1.807, 2.05) is 24.3 Å². The molecule has 1 aliphatic heterocycles. The fourth-order valence-electron chi connectivity index (χ4n) is 2.06. The summed E-state index contributed by atoms with van der Waals surface area (Å²) in [5.74, 6) is -0.131. The van der Waals surface area contributed by atoms with E-state index in [9.17, 15) is 4.79 Å². The number of hydrogen-bond donors (Lipinski definition) is 1. The second kappa shape index (κ2) is 7.38. The van der Waals surface area contributed by atoms with Crippen LogP contribution in [0.25, 0.3) is 0 Å². The number of nitrogens with zero attached hydrogens (tertiary/aromatic N) is 1. The molecule has 1 aromatic carbocycles. The first-order valence-electron chi connectivity index (χ1n) is 6.92. The van der Waals surface area contributed by atoms with Gasteiger partial charge in [0.2, 0.25) is 0 Å². The molecule has 2 rings (SSSR count). The number of hydrogen-bond acceptors (Lipinski definition) is 4. The molecule has 1 amide bonds. The van der Waals surface area contributed by atoms with Crippen LogP contribution in [0.4, 0.5) is 5.69 Å². The number of anilines is 1. The number of carbonyl (C=O) groups excluding carboxylic acids is 1. The molecule has 0 spiro atoms.